The van der Waals surface area contributed by atoms with Gasteiger partial charge < -0.3 is 10.4 Å². The van der Waals surface area contributed by atoms with E-state index in [0.717, 1.165) is 21.8 Å². The summed E-state index contributed by atoms with van der Waals surface area (Å²) in [6.45, 7) is 0. The number of phenolic OH excluding ortho intramolecular Hbond substituents is 1. The lowest BCUT2D eigenvalue weighted by Crippen LogP contribution is -1.85. The highest BCUT2D eigenvalue weighted by atomic mass is 79.9. The summed E-state index contributed by atoms with van der Waals surface area (Å²) < 4.78 is 1.85. The number of phenols is 1. The summed E-state index contributed by atoms with van der Waals surface area (Å²) in [6, 6.07) is 11.6. The molecule has 0 atom stereocenters. The number of aromatic nitrogens is 1. The first-order chi connectivity index (χ1) is 10.2. The van der Waals surface area contributed by atoms with Crippen molar-refractivity contribution >= 4 is 55.3 Å². The van der Waals surface area contributed by atoms with Gasteiger partial charge in [0, 0.05) is 12.7 Å². The molecule has 0 aliphatic heterocycles. The highest BCUT2D eigenvalue weighted by Crippen LogP contribution is 2.27. The van der Waals surface area contributed by atoms with E-state index in [-0.39, 0.29) is 5.75 Å². The van der Waals surface area contributed by atoms with E-state index in [1.54, 1.807) is 17.4 Å². The van der Waals surface area contributed by atoms with Gasteiger partial charge in [-0.3, -0.25) is 0 Å². The number of nitrogens with one attached hydrogen (secondary N) is 1. The predicted octanol–water partition coefficient (Wildman–Crippen LogP) is 4.98. The Balaban J connectivity index is 1.90. The second-order valence-corrected chi connectivity index (χ2v) is 6.45. The van der Waals surface area contributed by atoms with Gasteiger partial charge in [-0.1, -0.05) is 12.1 Å². The van der Waals surface area contributed by atoms with Gasteiger partial charge in [-0.2, -0.15) is 0 Å². The van der Waals surface area contributed by atoms with Gasteiger partial charge in [0.2, 0.25) is 0 Å². The van der Waals surface area contributed by atoms with Gasteiger partial charge in [0.05, 0.1) is 14.7 Å². The highest BCUT2D eigenvalue weighted by Gasteiger charge is 2.02. The van der Waals surface area contributed by atoms with Crippen LogP contribution < -0.4 is 5.32 Å². The van der Waals surface area contributed by atoms with Crippen molar-refractivity contribution in [2.45, 2.75) is 0 Å². The van der Waals surface area contributed by atoms with Crippen LogP contribution in [0, 0.1) is 0 Å². The van der Waals surface area contributed by atoms with Crippen molar-refractivity contribution in [3.8, 4) is 5.75 Å². The predicted molar refractivity (Wildman–Crippen MR) is 93.9 cm³/mol. The molecule has 0 saturated carbocycles. The van der Waals surface area contributed by atoms with Crippen molar-refractivity contribution in [3.63, 3.8) is 0 Å². The number of hydrogen-bond acceptors (Lipinski definition) is 4. The molecule has 0 spiro atoms. The summed E-state index contributed by atoms with van der Waals surface area (Å²) >= 11 is 4.97. The summed E-state index contributed by atoms with van der Waals surface area (Å²) in [6.07, 6.45) is 3.98. The van der Waals surface area contributed by atoms with Crippen LogP contribution in [0.25, 0.3) is 22.4 Å². The molecule has 3 rings (SSSR count). The zero-order valence-corrected chi connectivity index (χ0v) is 13.7. The minimum absolute atomic E-state index is 0.242. The number of thiazole rings is 1. The van der Waals surface area contributed by atoms with E-state index in [0.29, 0.717) is 4.47 Å². The van der Waals surface area contributed by atoms with Gasteiger partial charge in [-0.25, -0.2) is 4.98 Å². The van der Waals surface area contributed by atoms with Crippen LogP contribution in [0.4, 0.5) is 5.69 Å². The molecule has 0 bridgehead atoms. The summed E-state index contributed by atoms with van der Waals surface area (Å²) in [7, 11) is 1.90. The first-order valence-corrected chi connectivity index (χ1v) is 8.01. The molecule has 3 nitrogen and oxygen atoms in total. The van der Waals surface area contributed by atoms with Crippen LogP contribution in [0.1, 0.15) is 10.6 Å². The molecule has 0 saturated heterocycles. The summed E-state index contributed by atoms with van der Waals surface area (Å²) in [4.78, 5) is 4.61. The van der Waals surface area contributed by atoms with E-state index in [2.05, 4.69) is 32.3 Å². The van der Waals surface area contributed by atoms with Crippen LogP contribution in [0.5, 0.6) is 5.75 Å². The van der Waals surface area contributed by atoms with E-state index < -0.39 is 0 Å². The topological polar surface area (TPSA) is 45.1 Å². The molecule has 0 fully saturated rings. The van der Waals surface area contributed by atoms with E-state index >= 15 is 0 Å². The lowest BCUT2D eigenvalue weighted by Gasteiger charge is -1.97. The van der Waals surface area contributed by atoms with Gasteiger partial charge in [0.1, 0.15) is 10.8 Å². The fraction of sp³-hybridized carbons (Fsp3) is 0.0625. The highest BCUT2D eigenvalue weighted by molar-refractivity contribution is 9.10. The Labute approximate surface area is 135 Å². The van der Waals surface area contributed by atoms with Crippen molar-refractivity contribution in [1.29, 1.82) is 0 Å². The Morgan fingerprint density at radius 3 is 2.81 bits per heavy atom. The van der Waals surface area contributed by atoms with Crippen molar-refractivity contribution in [2.75, 3.05) is 12.4 Å². The molecule has 0 radical (unpaired) electrons. The number of anilines is 1. The molecule has 106 valence electrons. The molecule has 0 aliphatic rings. The Morgan fingerprint density at radius 1 is 1.19 bits per heavy atom. The van der Waals surface area contributed by atoms with Gasteiger partial charge in [-0.05, 0) is 57.9 Å². The van der Waals surface area contributed by atoms with Crippen molar-refractivity contribution in [1.82, 2.24) is 4.98 Å². The minimum atomic E-state index is 0.242. The van der Waals surface area contributed by atoms with Crippen LogP contribution in [0.15, 0.2) is 40.9 Å². The fourth-order valence-electron chi connectivity index (χ4n) is 1.97. The second kappa shape index (κ2) is 5.87. The molecule has 3 aromatic rings. The number of fused-ring (bicyclic) bond motifs is 1. The van der Waals surface area contributed by atoms with Crippen LogP contribution >= 0.6 is 27.3 Å². The first-order valence-electron chi connectivity index (χ1n) is 6.40. The van der Waals surface area contributed by atoms with Crippen molar-refractivity contribution < 1.29 is 5.11 Å². The van der Waals surface area contributed by atoms with Crippen LogP contribution in [0.3, 0.4) is 0 Å². The maximum Gasteiger partial charge on any atom is 0.129 e. The third-order valence-corrected chi connectivity index (χ3v) is 4.72. The molecular weight excluding hydrogens is 348 g/mol. The van der Waals surface area contributed by atoms with Crippen LogP contribution in [0.2, 0.25) is 0 Å². The maximum absolute atomic E-state index is 9.49. The van der Waals surface area contributed by atoms with Gasteiger partial charge in [-0.15, -0.1) is 11.3 Å². The molecule has 1 aromatic heterocycles. The first kappa shape index (κ1) is 14.1. The van der Waals surface area contributed by atoms with Crippen molar-refractivity contribution in [2.24, 2.45) is 0 Å². The van der Waals surface area contributed by atoms with E-state index in [9.17, 15) is 5.11 Å². The average Bonchev–Trinajstić information content (AvgIpc) is 2.90. The monoisotopic (exact) mass is 360 g/mol. The number of benzene rings is 2. The summed E-state index contributed by atoms with van der Waals surface area (Å²) in [5.41, 5.74) is 3.07. The molecular formula is C16H13BrN2OS. The molecule has 0 amide bonds. The maximum atomic E-state index is 9.49. The normalized spacial score (nSPS) is 11.3. The Kier molecular flexibility index (Phi) is 3.94. The summed E-state index contributed by atoms with van der Waals surface area (Å²) in [5.74, 6) is 0.242. The second-order valence-electron chi connectivity index (χ2n) is 4.53. The number of rotatable bonds is 3. The molecule has 1 heterocycles. The lowest BCUT2D eigenvalue weighted by molar-refractivity contribution is 0.472. The molecule has 0 aliphatic carbocycles. The third-order valence-electron chi connectivity index (χ3n) is 3.08. The van der Waals surface area contributed by atoms with E-state index in [4.69, 9.17) is 0 Å². The lowest BCUT2D eigenvalue weighted by atomic mass is 10.2. The molecule has 5 heteroatoms. The number of halogens is 1. The largest absolute Gasteiger partial charge is 0.507 e. The van der Waals surface area contributed by atoms with Crippen molar-refractivity contribution in [3.05, 3.63) is 51.4 Å². The van der Waals surface area contributed by atoms with Crippen LogP contribution in [-0.2, 0) is 0 Å². The van der Waals surface area contributed by atoms with Gasteiger partial charge >= 0.3 is 0 Å². The van der Waals surface area contributed by atoms with Gasteiger partial charge in [0.25, 0.3) is 0 Å². The Bertz CT molecular complexity index is 826. The van der Waals surface area contributed by atoms with Crippen LogP contribution in [-0.4, -0.2) is 17.1 Å². The molecule has 2 aromatic carbocycles. The molecule has 2 N–H and O–H groups in total. The molecule has 0 unspecified atom stereocenters. The average molecular weight is 361 g/mol. The quantitative estimate of drug-likeness (QED) is 0.692. The van der Waals surface area contributed by atoms with E-state index in [1.165, 1.54) is 4.70 Å². The number of aromatic hydroxyl groups is 1. The standard InChI is InChI=1S/C16H13BrN2OS/c1-18-11-4-6-15-13(9-11)19-16(21-15)7-3-10-2-5-14(20)12(17)8-10/h2-9,18,20H,1H3/b7-3+. The van der Waals surface area contributed by atoms with Gasteiger partial charge in [0.15, 0.2) is 0 Å². The van der Waals surface area contributed by atoms with E-state index in [1.807, 2.05) is 43.5 Å². The molecule has 21 heavy (non-hydrogen) atoms. The number of nitrogens with zero attached hydrogens (tertiary/aromatic N) is 1. The zero-order chi connectivity index (χ0) is 14.8. The smallest absolute Gasteiger partial charge is 0.129 e. The fourth-order valence-corrected chi connectivity index (χ4v) is 3.21. The number of hydrogen-bond donors (Lipinski definition) is 2. The summed E-state index contributed by atoms with van der Waals surface area (Å²) in [5, 5.41) is 13.6. The SMILES string of the molecule is CNc1ccc2sc(/C=C/c3ccc(O)c(Br)c3)nc2c1. The Morgan fingerprint density at radius 2 is 2.05 bits per heavy atom. The zero-order valence-electron chi connectivity index (χ0n) is 11.3. The third kappa shape index (κ3) is 3.09. The minimum Gasteiger partial charge on any atom is -0.507 e. The Hall–Kier alpha value is -1.85.